The molecular formula is C15H19Cl. The molecule has 1 heteroatoms. The van der Waals surface area contributed by atoms with Gasteiger partial charge < -0.3 is 0 Å². The average molecular weight is 235 g/mol. The second-order valence-electron chi connectivity index (χ2n) is 4.58. The fourth-order valence-corrected chi connectivity index (χ4v) is 2.82. The van der Waals surface area contributed by atoms with Crippen LogP contribution in [0.5, 0.6) is 0 Å². The quantitative estimate of drug-likeness (QED) is 0.635. The Hall–Kier alpha value is -0.750. The van der Waals surface area contributed by atoms with E-state index in [1.165, 1.54) is 18.4 Å². The first kappa shape index (κ1) is 11.7. The molecule has 0 heterocycles. The molecule has 1 aromatic rings. The monoisotopic (exact) mass is 234 g/mol. The molecule has 0 amide bonds. The lowest BCUT2D eigenvalue weighted by Crippen LogP contribution is -2.10. The summed E-state index contributed by atoms with van der Waals surface area (Å²) in [5, 5.41) is 0.857. The SMILES string of the molecule is CC/C=C(\CC)C1(c2cccc(Cl)c2)CC1. The molecule has 1 fully saturated rings. The predicted octanol–water partition coefficient (Wildman–Crippen LogP) is 5.12. The van der Waals surface area contributed by atoms with Crippen molar-refractivity contribution < 1.29 is 0 Å². The van der Waals surface area contributed by atoms with Crippen LogP contribution in [0.1, 0.15) is 45.1 Å². The Kier molecular flexibility index (Phi) is 3.39. The van der Waals surface area contributed by atoms with Crippen LogP contribution in [0.3, 0.4) is 0 Å². The molecule has 0 spiro atoms. The number of benzene rings is 1. The van der Waals surface area contributed by atoms with E-state index in [-0.39, 0.29) is 0 Å². The van der Waals surface area contributed by atoms with Gasteiger partial charge in [0.25, 0.3) is 0 Å². The van der Waals surface area contributed by atoms with Crippen molar-refractivity contribution in [1.29, 1.82) is 0 Å². The smallest absolute Gasteiger partial charge is 0.0409 e. The molecule has 0 N–H and O–H groups in total. The molecule has 86 valence electrons. The highest BCUT2D eigenvalue weighted by Gasteiger charge is 2.46. The van der Waals surface area contributed by atoms with Gasteiger partial charge in [-0.2, -0.15) is 0 Å². The van der Waals surface area contributed by atoms with Crippen molar-refractivity contribution in [2.24, 2.45) is 0 Å². The Morgan fingerprint density at radius 1 is 1.38 bits per heavy atom. The molecule has 1 aliphatic rings. The van der Waals surface area contributed by atoms with E-state index in [9.17, 15) is 0 Å². The molecule has 16 heavy (non-hydrogen) atoms. The second-order valence-corrected chi connectivity index (χ2v) is 5.02. The first-order chi connectivity index (χ1) is 7.73. The number of rotatable bonds is 4. The molecule has 1 aromatic carbocycles. The van der Waals surface area contributed by atoms with Crippen LogP contribution >= 0.6 is 11.6 Å². The summed E-state index contributed by atoms with van der Waals surface area (Å²) in [4.78, 5) is 0. The molecule has 2 rings (SSSR count). The standard InChI is InChI=1S/C15H19Cl/c1-3-6-12(4-2)15(9-10-15)13-7-5-8-14(16)11-13/h5-8,11H,3-4,9-10H2,1-2H3/b12-6+. The highest BCUT2D eigenvalue weighted by Crippen LogP contribution is 2.55. The van der Waals surface area contributed by atoms with Gasteiger partial charge in [-0.25, -0.2) is 0 Å². The van der Waals surface area contributed by atoms with E-state index in [1.807, 2.05) is 6.07 Å². The zero-order valence-electron chi connectivity index (χ0n) is 10.1. The fraction of sp³-hybridized carbons (Fsp3) is 0.467. The van der Waals surface area contributed by atoms with Gasteiger partial charge in [-0.1, -0.05) is 49.2 Å². The van der Waals surface area contributed by atoms with E-state index < -0.39 is 0 Å². The van der Waals surface area contributed by atoms with E-state index >= 15 is 0 Å². The van der Waals surface area contributed by atoms with Crippen molar-refractivity contribution in [3.8, 4) is 0 Å². The minimum Gasteiger partial charge on any atom is -0.0847 e. The summed E-state index contributed by atoms with van der Waals surface area (Å²) in [5.74, 6) is 0. The summed E-state index contributed by atoms with van der Waals surface area (Å²) >= 11 is 6.08. The molecular weight excluding hydrogens is 216 g/mol. The van der Waals surface area contributed by atoms with Crippen molar-refractivity contribution in [3.63, 3.8) is 0 Å². The molecule has 0 unspecified atom stereocenters. The van der Waals surface area contributed by atoms with Gasteiger partial charge in [-0.15, -0.1) is 0 Å². The number of halogens is 1. The van der Waals surface area contributed by atoms with E-state index in [4.69, 9.17) is 11.6 Å². The van der Waals surface area contributed by atoms with Crippen LogP contribution in [0.15, 0.2) is 35.9 Å². The van der Waals surface area contributed by atoms with Crippen LogP contribution in [0.4, 0.5) is 0 Å². The van der Waals surface area contributed by atoms with Gasteiger partial charge in [0.2, 0.25) is 0 Å². The van der Waals surface area contributed by atoms with Crippen molar-refractivity contribution >= 4 is 11.6 Å². The van der Waals surface area contributed by atoms with Gasteiger partial charge in [0.15, 0.2) is 0 Å². The third-order valence-corrected chi connectivity index (χ3v) is 3.81. The summed E-state index contributed by atoms with van der Waals surface area (Å²) in [6.45, 7) is 4.47. The van der Waals surface area contributed by atoms with E-state index in [0.29, 0.717) is 5.41 Å². The molecule has 0 nitrogen and oxygen atoms in total. The topological polar surface area (TPSA) is 0 Å². The van der Waals surface area contributed by atoms with Crippen molar-refractivity contribution in [1.82, 2.24) is 0 Å². The number of hydrogen-bond donors (Lipinski definition) is 0. The lowest BCUT2D eigenvalue weighted by molar-refractivity contribution is 0.766. The summed E-state index contributed by atoms with van der Waals surface area (Å²) in [6, 6.07) is 8.37. The summed E-state index contributed by atoms with van der Waals surface area (Å²) in [5.41, 5.74) is 3.33. The van der Waals surface area contributed by atoms with Crippen molar-refractivity contribution in [2.45, 2.75) is 44.9 Å². The highest BCUT2D eigenvalue weighted by atomic mass is 35.5. The normalized spacial score (nSPS) is 18.6. The second kappa shape index (κ2) is 4.63. The van der Waals surface area contributed by atoms with Crippen LogP contribution in [-0.4, -0.2) is 0 Å². The zero-order chi connectivity index (χ0) is 11.6. The van der Waals surface area contributed by atoms with Gasteiger partial charge in [-0.3, -0.25) is 0 Å². The first-order valence-electron chi connectivity index (χ1n) is 6.18. The maximum Gasteiger partial charge on any atom is 0.0409 e. The first-order valence-corrected chi connectivity index (χ1v) is 6.56. The summed E-state index contributed by atoms with van der Waals surface area (Å²) < 4.78 is 0. The fourth-order valence-electron chi connectivity index (χ4n) is 2.63. The van der Waals surface area contributed by atoms with Gasteiger partial charge in [0, 0.05) is 10.4 Å². The van der Waals surface area contributed by atoms with Gasteiger partial charge in [0.1, 0.15) is 0 Å². The third kappa shape index (κ3) is 2.04. The van der Waals surface area contributed by atoms with Gasteiger partial charge in [0.05, 0.1) is 0 Å². The van der Waals surface area contributed by atoms with Crippen molar-refractivity contribution in [3.05, 3.63) is 46.5 Å². The van der Waals surface area contributed by atoms with E-state index in [0.717, 1.165) is 17.9 Å². The molecule has 0 aromatic heterocycles. The third-order valence-electron chi connectivity index (χ3n) is 3.57. The molecule has 1 aliphatic carbocycles. The Morgan fingerprint density at radius 3 is 2.62 bits per heavy atom. The number of hydrogen-bond acceptors (Lipinski definition) is 0. The summed E-state index contributed by atoms with van der Waals surface area (Å²) in [6.07, 6.45) is 7.25. The van der Waals surface area contributed by atoms with Crippen LogP contribution < -0.4 is 0 Å². The average Bonchev–Trinajstić information content (AvgIpc) is 3.07. The maximum absolute atomic E-state index is 6.08. The Labute approximate surface area is 103 Å². The van der Waals surface area contributed by atoms with E-state index in [1.54, 1.807) is 5.57 Å². The molecule has 0 bridgehead atoms. The lowest BCUT2D eigenvalue weighted by atomic mass is 9.85. The molecule has 0 atom stereocenters. The zero-order valence-corrected chi connectivity index (χ0v) is 10.8. The molecule has 0 aliphatic heterocycles. The van der Waals surface area contributed by atoms with E-state index in [2.05, 4.69) is 38.1 Å². The molecule has 0 saturated heterocycles. The molecule has 1 saturated carbocycles. The van der Waals surface area contributed by atoms with Crippen LogP contribution in [0, 0.1) is 0 Å². The van der Waals surface area contributed by atoms with Gasteiger partial charge in [-0.05, 0) is 43.4 Å². The minimum atomic E-state index is 0.329. The Morgan fingerprint density at radius 2 is 2.12 bits per heavy atom. The maximum atomic E-state index is 6.08. The molecule has 0 radical (unpaired) electrons. The van der Waals surface area contributed by atoms with Gasteiger partial charge >= 0.3 is 0 Å². The predicted molar refractivity (Wildman–Crippen MR) is 71.0 cm³/mol. The highest BCUT2D eigenvalue weighted by molar-refractivity contribution is 6.30. The lowest BCUT2D eigenvalue weighted by Gasteiger charge is -2.19. The minimum absolute atomic E-state index is 0.329. The Bertz CT molecular complexity index is 400. The Balaban J connectivity index is 2.35. The van der Waals surface area contributed by atoms with Crippen LogP contribution in [0.2, 0.25) is 5.02 Å². The largest absolute Gasteiger partial charge is 0.0847 e. The number of allylic oxidation sites excluding steroid dienone is 2. The van der Waals surface area contributed by atoms with Crippen molar-refractivity contribution in [2.75, 3.05) is 0 Å². The summed E-state index contributed by atoms with van der Waals surface area (Å²) in [7, 11) is 0. The van der Waals surface area contributed by atoms with Crippen LogP contribution in [0.25, 0.3) is 0 Å². The van der Waals surface area contributed by atoms with Crippen LogP contribution in [-0.2, 0) is 5.41 Å².